The quantitative estimate of drug-likeness (QED) is 0.675. The van der Waals surface area contributed by atoms with Gasteiger partial charge in [-0.15, -0.1) is 11.3 Å². The lowest BCUT2D eigenvalue weighted by atomic mass is 10.2. The molecule has 0 spiro atoms. The molecule has 4 rings (SSSR count). The van der Waals surface area contributed by atoms with E-state index in [0.717, 1.165) is 16.5 Å². The number of thiazole rings is 1. The van der Waals surface area contributed by atoms with Crippen LogP contribution in [-0.2, 0) is 0 Å². The first-order valence-electron chi connectivity index (χ1n) is 9.06. The minimum atomic E-state index is -0.186. The lowest BCUT2D eigenvalue weighted by molar-refractivity contribution is 0.0512. The van der Waals surface area contributed by atoms with Gasteiger partial charge in [-0.3, -0.25) is 14.2 Å². The summed E-state index contributed by atoms with van der Waals surface area (Å²) in [4.78, 5) is 33.4. The van der Waals surface area contributed by atoms with Gasteiger partial charge in [0.05, 0.1) is 11.3 Å². The standard InChI is InChI=1S/C19H21N5O3S/c1-12-10-16(27-21-12)18(26)23-7-5-22(6-8-23)17(25)15-11-13(2)24(14(15)3)19-20-4-9-28-19/h4,9-11H,5-8H2,1-3H3. The topological polar surface area (TPSA) is 84.5 Å². The predicted octanol–water partition coefficient (Wildman–Crippen LogP) is 2.45. The highest BCUT2D eigenvalue weighted by molar-refractivity contribution is 7.12. The molecule has 1 fully saturated rings. The molecule has 146 valence electrons. The van der Waals surface area contributed by atoms with Crippen LogP contribution in [0.1, 0.15) is 38.0 Å². The van der Waals surface area contributed by atoms with Crippen molar-refractivity contribution in [2.24, 2.45) is 0 Å². The maximum absolute atomic E-state index is 13.1. The summed E-state index contributed by atoms with van der Waals surface area (Å²) in [6.07, 6.45) is 1.76. The number of hydrogen-bond acceptors (Lipinski definition) is 6. The molecule has 3 aromatic heterocycles. The number of carbonyl (C=O) groups excluding carboxylic acids is 2. The lowest BCUT2D eigenvalue weighted by Crippen LogP contribution is -2.50. The molecule has 4 heterocycles. The van der Waals surface area contributed by atoms with Crippen molar-refractivity contribution in [2.75, 3.05) is 26.2 Å². The number of amides is 2. The highest BCUT2D eigenvalue weighted by Gasteiger charge is 2.29. The molecule has 0 aromatic carbocycles. The molecule has 28 heavy (non-hydrogen) atoms. The Morgan fingerprint density at radius 3 is 2.29 bits per heavy atom. The first-order valence-corrected chi connectivity index (χ1v) is 9.94. The Labute approximate surface area is 166 Å². The molecule has 9 heteroatoms. The lowest BCUT2D eigenvalue weighted by Gasteiger charge is -2.34. The summed E-state index contributed by atoms with van der Waals surface area (Å²) in [6.45, 7) is 7.59. The van der Waals surface area contributed by atoms with Crippen molar-refractivity contribution in [3.63, 3.8) is 0 Å². The average Bonchev–Trinajstić information content (AvgIpc) is 3.42. The minimum absolute atomic E-state index is 0.0153. The van der Waals surface area contributed by atoms with Crippen molar-refractivity contribution >= 4 is 23.2 Å². The van der Waals surface area contributed by atoms with Crippen molar-refractivity contribution in [3.05, 3.63) is 52.1 Å². The van der Waals surface area contributed by atoms with Crippen molar-refractivity contribution in [3.8, 4) is 5.13 Å². The summed E-state index contributed by atoms with van der Waals surface area (Å²) >= 11 is 1.54. The molecule has 0 bridgehead atoms. The average molecular weight is 399 g/mol. The Balaban J connectivity index is 1.46. The van der Waals surface area contributed by atoms with Crippen LogP contribution in [0.2, 0.25) is 0 Å². The summed E-state index contributed by atoms with van der Waals surface area (Å²) in [6, 6.07) is 3.54. The van der Waals surface area contributed by atoms with E-state index in [9.17, 15) is 9.59 Å². The van der Waals surface area contributed by atoms with E-state index < -0.39 is 0 Å². The van der Waals surface area contributed by atoms with E-state index in [-0.39, 0.29) is 17.6 Å². The number of aryl methyl sites for hydroxylation is 2. The van der Waals surface area contributed by atoms with Gasteiger partial charge < -0.3 is 14.3 Å². The Bertz CT molecular complexity index is 1010. The molecule has 1 aliphatic rings. The van der Waals surface area contributed by atoms with Crippen LogP contribution in [0.4, 0.5) is 0 Å². The Morgan fingerprint density at radius 2 is 1.71 bits per heavy atom. The highest BCUT2D eigenvalue weighted by Crippen LogP contribution is 2.24. The van der Waals surface area contributed by atoms with E-state index in [1.165, 1.54) is 11.3 Å². The number of carbonyl (C=O) groups is 2. The van der Waals surface area contributed by atoms with E-state index >= 15 is 0 Å². The third-order valence-corrected chi connectivity index (χ3v) is 5.72. The van der Waals surface area contributed by atoms with Crippen LogP contribution in [0, 0.1) is 20.8 Å². The van der Waals surface area contributed by atoms with E-state index in [1.54, 1.807) is 29.0 Å². The molecule has 2 amide bonds. The SMILES string of the molecule is Cc1cc(C(=O)N2CCN(C(=O)c3cc(C)n(-c4nccs4)c3C)CC2)on1. The smallest absolute Gasteiger partial charge is 0.292 e. The third-order valence-electron chi connectivity index (χ3n) is 4.96. The zero-order valence-electron chi connectivity index (χ0n) is 16.0. The fourth-order valence-corrected chi connectivity index (χ4v) is 4.25. The predicted molar refractivity (Wildman–Crippen MR) is 104 cm³/mol. The zero-order chi connectivity index (χ0) is 19.8. The second-order valence-electron chi connectivity index (χ2n) is 6.85. The van der Waals surface area contributed by atoms with Crippen LogP contribution >= 0.6 is 11.3 Å². The van der Waals surface area contributed by atoms with Gasteiger partial charge in [-0.1, -0.05) is 5.16 Å². The maximum Gasteiger partial charge on any atom is 0.292 e. The summed E-state index contributed by atoms with van der Waals surface area (Å²) in [5, 5.41) is 6.54. The number of hydrogen-bond donors (Lipinski definition) is 0. The van der Waals surface area contributed by atoms with Crippen LogP contribution < -0.4 is 0 Å². The van der Waals surface area contributed by atoms with E-state index in [4.69, 9.17) is 4.52 Å². The van der Waals surface area contributed by atoms with E-state index in [1.807, 2.05) is 29.9 Å². The summed E-state index contributed by atoms with van der Waals surface area (Å²) in [7, 11) is 0. The van der Waals surface area contributed by atoms with E-state index in [2.05, 4.69) is 10.1 Å². The van der Waals surface area contributed by atoms with Gasteiger partial charge in [-0.2, -0.15) is 0 Å². The maximum atomic E-state index is 13.1. The monoisotopic (exact) mass is 399 g/mol. The summed E-state index contributed by atoms with van der Waals surface area (Å²) in [5.74, 6) is 0.0393. The Morgan fingerprint density at radius 1 is 1.04 bits per heavy atom. The molecule has 1 aliphatic heterocycles. The molecular formula is C19H21N5O3S. The second-order valence-corrected chi connectivity index (χ2v) is 7.72. The fourth-order valence-electron chi connectivity index (χ4n) is 3.50. The second kappa shape index (κ2) is 7.23. The molecule has 0 N–H and O–H groups in total. The largest absolute Gasteiger partial charge is 0.351 e. The van der Waals surface area contributed by atoms with Gasteiger partial charge in [0.2, 0.25) is 5.76 Å². The van der Waals surface area contributed by atoms with Gasteiger partial charge in [-0.05, 0) is 26.8 Å². The molecule has 0 unspecified atom stereocenters. The van der Waals surface area contributed by atoms with Crippen molar-refractivity contribution < 1.29 is 14.1 Å². The number of aromatic nitrogens is 3. The van der Waals surface area contributed by atoms with Crippen molar-refractivity contribution in [1.29, 1.82) is 0 Å². The molecule has 0 atom stereocenters. The molecule has 8 nitrogen and oxygen atoms in total. The molecule has 3 aromatic rings. The van der Waals surface area contributed by atoms with Crippen LogP contribution in [-0.4, -0.2) is 62.5 Å². The van der Waals surface area contributed by atoms with Gasteiger partial charge in [0.1, 0.15) is 0 Å². The summed E-state index contributed by atoms with van der Waals surface area (Å²) < 4.78 is 7.06. The number of piperazine rings is 1. The van der Waals surface area contributed by atoms with Gasteiger partial charge in [-0.25, -0.2) is 4.98 Å². The van der Waals surface area contributed by atoms with Gasteiger partial charge in [0, 0.05) is 55.2 Å². The molecule has 0 saturated carbocycles. The van der Waals surface area contributed by atoms with Crippen molar-refractivity contribution in [1.82, 2.24) is 24.5 Å². The molecule has 1 saturated heterocycles. The Hall–Kier alpha value is -2.94. The minimum Gasteiger partial charge on any atom is -0.351 e. The molecule has 0 aliphatic carbocycles. The van der Waals surface area contributed by atoms with Crippen LogP contribution in [0.5, 0.6) is 0 Å². The highest BCUT2D eigenvalue weighted by atomic mass is 32.1. The Kier molecular flexibility index (Phi) is 4.76. The van der Waals surface area contributed by atoms with Crippen LogP contribution in [0.15, 0.2) is 28.2 Å². The number of nitrogens with zero attached hydrogens (tertiary/aromatic N) is 5. The molecule has 0 radical (unpaired) electrons. The molecular weight excluding hydrogens is 378 g/mol. The zero-order valence-corrected chi connectivity index (χ0v) is 16.8. The summed E-state index contributed by atoms with van der Waals surface area (Å²) in [5.41, 5.74) is 3.21. The van der Waals surface area contributed by atoms with Crippen LogP contribution in [0.3, 0.4) is 0 Å². The third kappa shape index (κ3) is 3.22. The fraction of sp³-hybridized carbons (Fsp3) is 0.368. The first kappa shape index (κ1) is 18.4. The van der Waals surface area contributed by atoms with Gasteiger partial charge >= 0.3 is 0 Å². The normalized spacial score (nSPS) is 14.5. The number of rotatable bonds is 3. The van der Waals surface area contributed by atoms with Gasteiger partial charge in [0.15, 0.2) is 5.13 Å². The first-order chi connectivity index (χ1) is 13.5. The van der Waals surface area contributed by atoms with Gasteiger partial charge in [0.25, 0.3) is 11.8 Å². The van der Waals surface area contributed by atoms with Crippen molar-refractivity contribution in [2.45, 2.75) is 20.8 Å². The van der Waals surface area contributed by atoms with Crippen LogP contribution in [0.25, 0.3) is 5.13 Å². The van der Waals surface area contributed by atoms with E-state index in [0.29, 0.717) is 37.4 Å².